The summed E-state index contributed by atoms with van der Waals surface area (Å²) in [7, 11) is 0. The maximum atomic E-state index is 12.9. The Kier molecular flexibility index (Phi) is 10.2. The van der Waals surface area contributed by atoms with E-state index in [0.29, 0.717) is 12.8 Å². The quantitative estimate of drug-likeness (QED) is 0.198. The van der Waals surface area contributed by atoms with Crippen molar-refractivity contribution < 1.29 is 34.5 Å². The summed E-state index contributed by atoms with van der Waals surface area (Å²) in [4.78, 5) is 49.0. The van der Waals surface area contributed by atoms with Crippen molar-refractivity contribution in [2.45, 2.75) is 83.3 Å². The zero-order valence-corrected chi connectivity index (χ0v) is 17.8. The topological polar surface area (TPSA) is 177 Å². The van der Waals surface area contributed by atoms with Crippen molar-refractivity contribution in [3.05, 3.63) is 0 Å². The zero-order valence-electron chi connectivity index (χ0n) is 17.8. The van der Waals surface area contributed by atoms with Crippen LogP contribution in [0.25, 0.3) is 0 Å². The average molecular weight is 431 g/mol. The fourth-order valence-electron chi connectivity index (χ4n) is 3.14. The highest BCUT2D eigenvalue weighted by Gasteiger charge is 2.35. The molecule has 30 heavy (non-hydrogen) atoms. The predicted octanol–water partition coefficient (Wildman–Crippen LogP) is -1.91. The average Bonchev–Trinajstić information content (AvgIpc) is 3.21. The van der Waals surface area contributed by atoms with Gasteiger partial charge in [-0.3, -0.25) is 14.4 Å². The molecule has 172 valence electrons. The van der Waals surface area contributed by atoms with Gasteiger partial charge in [-0.25, -0.2) is 4.79 Å². The highest BCUT2D eigenvalue weighted by atomic mass is 16.4. The number of hydrogen-bond donors (Lipinski definition) is 7. The number of amides is 3. The van der Waals surface area contributed by atoms with Crippen LogP contribution in [-0.4, -0.2) is 81.9 Å². The normalized spacial score (nSPS) is 22.1. The number of aliphatic hydroxyl groups is 2. The van der Waals surface area contributed by atoms with Crippen molar-refractivity contribution in [2.75, 3.05) is 6.54 Å². The Morgan fingerprint density at radius 2 is 1.47 bits per heavy atom. The molecule has 1 fully saturated rings. The third kappa shape index (κ3) is 7.22. The molecule has 0 saturated carbocycles. The second-order valence-electron chi connectivity index (χ2n) is 7.81. The second-order valence-corrected chi connectivity index (χ2v) is 7.81. The summed E-state index contributed by atoms with van der Waals surface area (Å²) in [5, 5.41) is 38.9. The maximum Gasteiger partial charge on any atom is 0.328 e. The zero-order chi connectivity index (χ0) is 23.0. The largest absolute Gasteiger partial charge is 0.480 e. The fourth-order valence-corrected chi connectivity index (χ4v) is 3.14. The SMILES string of the molecule is CCC(C)C(NC(=O)C1CCCN1)C(=O)NC(C(=O)NC(C(=O)O)C(C)O)C(C)O. The van der Waals surface area contributed by atoms with Crippen LogP contribution < -0.4 is 21.3 Å². The number of hydrogen-bond acceptors (Lipinski definition) is 7. The molecule has 0 aromatic carbocycles. The minimum atomic E-state index is -1.60. The summed E-state index contributed by atoms with van der Waals surface area (Å²) in [5.74, 6) is -3.65. The van der Waals surface area contributed by atoms with E-state index in [2.05, 4.69) is 21.3 Å². The van der Waals surface area contributed by atoms with E-state index in [0.717, 1.165) is 13.0 Å². The van der Waals surface area contributed by atoms with Gasteiger partial charge in [0.1, 0.15) is 12.1 Å². The predicted molar refractivity (Wildman–Crippen MR) is 107 cm³/mol. The molecule has 0 aliphatic carbocycles. The van der Waals surface area contributed by atoms with Crippen LogP contribution in [0, 0.1) is 5.92 Å². The van der Waals surface area contributed by atoms with E-state index in [1.165, 1.54) is 13.8 Å². The lowest BCUT2D eigenvalue weighted by Gasteiger charge is -2.29. The van der Waals surface area contributed by atoms with Gasteiger partial charge in [0.2, 0.25) is 17.7 Å². The van der Waals surface area contributed by atoms with E-state index in [4.69, 9.17) is 5.11 Å². The van der Waals surface area contributed by atoms with Gasteiger partial charge in [-0.2, -0.15) is 0 Å². The van der Waals surface area contributed by atoms with Gasteiger partial charge < -0.3 is 36.6 Å². The van der Waals surface area contributed by atoms with E-state index in [9.17, 15) is 29.4 Å². The molecule has 7 N–H and O–H groups in total. The number of nitrogens with one attached hydrogen (secondary N) is 4. The highest BCUT2D eigenvalue weighted by molar-refractivity contribution is 5.94. The molecule has 7 atom stereocenters. The summed E-state index contributed by atoms with van der Waals surface area (Å²) in [5.41, 5.74) is 0. The van der Waals surface area contributed by atoms with Crippen molar-refractivity contribution >= 4 is 23.7 Å². The Morgan fingerprint density at radius 3 is 1.90 bits per heavy atom. The van der Waals surface area contributed by atoms with Gasteiger partial charge in [0.15, 0.2) is 6.04 Å². The molecule has 1 saturated heterocycles. The van der Waals surface area contributed by atoms with Gasteiger partial charge in [0, 0.05) is 0 Å². The summed E-state index contributed by atoms with van der Waals surface area (Å²) in [6, 6.07) is -4.39. The number of aliphatic hydroxyl groups excluding tert-OH is 2. The van der Waals surface area contributed by atoms with Crippen molar-refractivity contribution in [2.24, 2.45) is 5.92 Å². The molecule has 3 amide bonds. The Labute approximate surface area is 176 Å². The molecule has 0 radical (unpaired) electrons. The first-order valence-corrected chi connectivity index (χ1v) is 10.2. The Balaban J connectivity index is 2.91. The van der Waals surface area contributed by atoms with E-state index in [-0.39, 0.29) is 17.9 Å². The minimum absolute atomic E-state index is 0.253. The molecule has 0 aromatic heterocycles. The number of carboxylic acids is 1. The van der Waals surface area contributed by atoms with Crippen LogP contribution in [0.4, 0.5) is 0 Å². The Bertz CT molecular complexity index is 620. The Morgan fingerprint density at radius 1 is 0.933 bits per heavy atom. The van der Waals surface area contributed by atoms with Gasteiger partial charge in [-0.1, -0.05) is 20.3 Å². The second kappa shape index (κ2) is 11.8. The lowest BCUT2D eigenvalue weighted by Crippen LogP contribution is -2.61. The number of aliphatic carboxylic acids is 1. The van der Waals surface area contributed by atoms with Crippen LogP contribution in [0.2, 0.25) is 0 Å². The molecule has 0 aromatic rings. The number of carboxylic acid groups (broad SMARTS) is 1. The van der Waals surface area contributed by atoms with E-state index < -0.39 is 48.1 Å². The third-order valence-electron chi connectivity index (χ3n) is 5.28. The van der Waals surface area contributed by atoms with Crippen LogP contribution in [-0.2, 0) is 19.2 Å². The van der Waals surface area contributed by atoms with Gasteiger partial charge in [-0.15, -0.1) is 0 Å². The summed E-state index contributed by atoms with van der Waals surface area (Å²) in [6.07, 6.45) is -0.637. The molecule has 1 aliphatic rings. The fraction of sp³-hybridized carbons (Fsp3) is 0.789. The first-order chi connectivity index (χ1) is 14.0. The van der Waals surface area contributed by atoms with Crippen molar-refractivity contribution in [3.63, 3.8) is 0 Å². The summed E-state index contributed by atoms with van der Waals surface area (Å²) in [6.45, 7) is 6.81. The van der Waals surface area contributed by atoms with Crippen LogP contribution >= 0.6 is 0 Å². The monoisotopic (exact) mass is 430 g/mol. The molecule has 1 aliphatic heterocycles. The van der Waals surface area contributed by atoms with Gasteiger partial charge in [0.25, 0.3) is 0 Å². The Hall–Kier alpha value is -2.24. The first-order valence-electron chi connectivity index (χ1n) is 10.2. The van der Waals surface area contributed by atoms with Crippen LogP contribution in [0.3, 0.4) is 0 Å². The maximum absolute atomic E-state index is 12.9. The number of carbonyl (C=O) groups excluding carboxylic acids is 3. The number of rotatable bonds is 11. The van der Waals surface area contributed by atoms with Crippen LogP contribution in [0.15, 0.2) is 0 Å². The number of carbonyl (C=O) groups is 4. The molecule has 0 spiro atoms. The minimum Gasteiger partial charge on any atom is -0.480 e. The molecule has 11 nitrogen and oxygen atoms in total. The molecule has 11 heteroatoms. The summed E-state index contributed by atoms with van der Waals surface area (Å²) < 4.78 is 0. The van der Waals surface area contributed by atoms with Crippen molar-refractivity contribution in [1.82, 2.24) is 21.3 Å². The molecule has 7 unspecified atom stereocenters. The molecule has 1 heterocycles. The van der Waals surface area contributed by atoms with Crippen LogP contribution in [0.5, 0.6) is 0 Å². The molecular weight excluding hydrogens is 396 g/mol. The molecular formula is C19H34N4O7. The smallest absolute Gasteiger partial charge is 0.328 e. The lowest BCUT2D eigenvalue weighted by molar-refractivity contribution is -0.146. The van der Waals surface area contributed by atoms with Gasteiger partial charge >= 0.3 is 5.97 Å². The highest BCUT2D eigenvalue weighted by Crippen LogP contribution is 2.12. The van der Waals surface area contributed by atoms with Crippen molar-refractivity contribution in [1.29, 1.82) is 0 Å². The van der Waals surface area contributed by atoms with Crippen molar-refractivity contribution in [3.8, 4) is 0 Å². The molecule has 1 rings (SSSR count). The standard InChI is InChI=1S/C19H34N4O7/c1-5-9(2)13(21-16(26)12-7-6-8-20-12)17(27)22-14(10(3)24)18(28)23-15(11(4)25)19(29)30/h9-15,20,24-25H,5-8H2,1-4H3,(H,21,26)(H,22,27)(H,23,28)(H,29,30). The third-order valence-corrected chi connectivity index (χ3v) is 5.28. The van der Waals surface area contributed by atoms with E-state index in [1.807, 2.05) is 6.92 Å². The van der Waals surface area contributed by atoms with Crippen LogP contribution in [0.1, 0.15) is 47.0 Å². The van der Waals surface area contributed by atoms with Gasteiger partial charge in [0.05, 0.1) is 18.2 Å². The first kappa shape index (κ1) is 25.8. The summed E-state index contributed by atoms with van der Waals surface area (Å²) >= 11 is 0. The van der Waals surface area contributed by atoms with Gasteiger partial charge in [-0.05, 0) is 39.2 Å². The molecule has 0 bridgehead atoms. The van der Waals surface area contributed by atoms with E-state index in [1.54, 1.807) is 6.92 Å². The van der Waals surface area contributed by atoms with E-state index >= 15 is 0 Å². The lowest BCUT2D eigenvalue weighted by atomic mass is 9.97.